The molecule has 2 heterocycles. The van der Waals surface area contributed by atoms with Gasteiger partial charge in [0.1, 0.15) is 5.69 Å². The second-order valence-electron chi connectivity index (χ2n) is 5.40. The number of carbonyl (C=O) groups excluding carboxylic acids is 1. The van der Waals surface area contributed by atoms with E-state index in [1.165, 1.54) is 0 Å². The van der Waals surface area contributed by atoms with Crippen LogP contribution in [0, 0.1) is 5.92 Å². The van der Waals surface area contributed by atoms with E-state index in [9.17, 15) is 4.79 Å². The summed E-state index contributed by atoms with van der Waals surface area (Å²) in [5, 5.41) is 10.1. The molecule has 1 aliphatic heterocycles. The molecule has 1 unspecified atom stereocenters. The number of fused-ring (bicyclic) bond motifs is 1. The first kappa shape index (κ1) is 12.7. The van der Waals surface area contributed by atoms with Crippen molar-refractivity contribution in [2.75, 3.05) is 16.8 Å². The van der Waals surface area contributed by atoms with Gasteiger partial charge in [-0.25, -0.2) is 0 Å². The fourth-order valence-corrected chi connectivity index (χ4v) is 2.46. The number of benzene rings is 1. The lowest BCUT2D eigenvalue weighted by molar-refractivity contribution is 0.0979. The number of aromatic amines is 1. The van der Waals surface area contributed by atoms with Crippen molar-refractivity contribution >= 4 is 17.3 Å². The van der Waals surface area contributed by atoms with Gasteiger partial charge in [-0.15, -0.1) is 0 Å². The van der Waals surface area contributed by atoms with Crippen LogP contribution < -0.4 is 10.2 Å². The normalized spacial score (nSPS) is 17.8. The van der Waals surface area contributed by atoms with Crippen LogP contribution in [-0.4, -0.2) is 28.7 Å². The predicted octanol–water partition coefficient (Wildman–Crippen LogP) is 2.51. The Bertz CT molecular complexity index is 606. The summed E-state index contributed by atoms with van der Waals surface area (Å²) in [6.45, 7) is 4.97. The summed E-state index contributed by atoms with van der Waals surface area (Å²) < 4.78 is 0. The lowest BCUT2D eigenvalue weighted by Crippen LogP contribution is -2.47. The molecule has 1 aromatic carbocycles. The molecule has 20 heavy (non-hydrogen) atoms. The molecule has 0 bridgehead atoms. The van der Waals surface area contributed by atoms with Crippen LogP contribution in [0.3, 0.4) is 0 Å². The molecule has 5 nitrogen and oxygen atoms in total. The van der Waals surface area contributed by atoms with E-state index in [4.69, 9.17) is 0 Å². The molecule has 0 radical (unpaired) electrons. The number of para-hydroxylation sites is 2. The van der Waals surface area contributed by atoms with E-state index in [0.29, 0.717) is 18.2 Å². The zero-order chi connectivity index (χ0) is 14.1. The zero-order valence-corrected chi connectivity index (χ0v) is 11.6. The highest BCUT2D eigenvalue weighted by Gasteiger charge is 2.30. The van der Waals surface area contributed by atoms with E-state index in [1.807, 2.05) is 29.2 Å². The standard InChI is InChI=1S/C15H18N4O/c1-10(2)13-9-19(15(20)12-7-8-16-18-12)14-6-4-3-5-11(14)17-13/h3-8,10,13,17H,9H2,1-2H3,(H,16,18). The van der Waals surface area contributed by atoms with E-state index in [1.54, 1.807) is 12.3 Å². The number of hydrogen-bond acceptors (Lipinski definition) is 3. The number of rotatable bonds is 2. The molecule has 0 spiro atoms. The Balaban J connectivity index is 1.99. The van der Waals surface area contributed by atoms with Crippen molar-refractivity contribution in [2.45, 2.75) is 19.9 Å². The van der Waals surface area contributed by atoms with Gasteiger partial charge in [-0.05, 0) is 24.1 Å². The Morgan fingerprint density at radius 2 is 2.15 bits per heavy atom. The van der Waals surface area contributed by atoms with Crippen LogP contribution in [0.25, 0.3) is 0 Å². The van der Waals surface area contributed by atoms with Crippen LogP contribution in [0.15, 0.2) is 36.5 Å². The fourth-order valence-electron chi connectivity index (χ4n) is 2.46. The van der Waals surface area contributed by atoms with Gasteiger partial charge in [0.25, 0.3) is 5.91 Å². The second kappa shape index (κ2) is 5.00. The van der Waals surface area contributed by atoms with Crippen molar-refractivity contribution in [1.82, 2.24) is 10.2 Å². The van der Waals surface area contributed by atoms with E-state index >= 15 is 0 Å². The monoisotopic (exact) mass is 270 g/mol. The summed E-state index contributed by atoms with van der Waals surface area (Å²) in [6, 6.07) is 9.86. The van der Waals surface area contributed by atoms with Crippen LogP contribution >= 0.6 is 0 Å². The van der Waals surface area contributed by atoms with Crippen molar-refractivity contribution in [2.24, 2.45) is 5.92 Å². The molecule has 2 N–H and O–H groups in total. The minimum absolute atomic E-state index is 0.0397. The largest absolute Gasteiger partial charge is 0.379 e. The summed E-state index contributed by atoms with van der Waals surface area (Å²) in [7, 11) is 0. The van der Waals surface area contributed by atoms with Crippen molar-refractivity contribution < 1.29 is 4.79 Å². The quantitative estimate of drug-likeness (QED) is 0.881. The van der Waals surface area contributed by atoms with E-state index < -0.39 is 0 Å². The number of H-pyrrole nitrogens is 1. The van der Waals surface area contributed by atoms with Gasteiger partial charge >= 0.3 is 0 Å². The van der Waals surface area contributed by atoms with Crippen LogP contribution in [0.2, 0.25) is 0 Å². The number of amides is 1. The summed E-state index contributed by atoms with van der Waals surface area (Å²) in [5.74, 6) is 0.405. The molecule has 1 aliphatic rings. The Morgan fingerprint density at radius 1 is 1.35 bits per heavy atom. The molecular weight excluding hydrogens is 252 g/mol. The highest BCUT2D eigenvalue weighted by molar-refractivity contribution is 6.07. The van der Waals surface area contributed by atoms with Gasteiger partial charge in [-0.3, -0.25) is 9.89 Å². The topological polar surface area (TPSA) is 61.0 Å². The van der Waals surface area contributed by atoms with Gasteiger partial charge in [0.2, 0.25) is 0 Å². The van der Waals surface area contributed by atoms with Gasteiger partial charge in [0, 0.05) is 18.8 Å². The summed E-state index contributed by atoms with van der Waals surface area (Å²) >= 11 is 0. The molecule has 0 saturated carbocycles. The molecule has 0 aliphatic carbocycles. The average Bonchev–Trinajstić information content (AvgIpc) is 2.99. The molecule has 1 atom stereocenters. The average molecular weight is 270 g/mol. The molecule has 1 aromatic heterocycles. The van der Waals surface area contributed by atoms with E-state index in [2.05, 4.69) is 29.4 Å². The molecule has 0 fully saturated rings. The van der Waals surface area contributed by atoms with E-state index in [0.717, 1.165) is 11.4 Å². The summed E-state index contributed by atoms with van der Waals surface area (Å²) in [5.41, 5.74) is 2.44. The zero-order valence-electron chi connectivity index (χ0n) is 11.6. The first-order chi connectivity index (χ1) is 9.66. The maximum Gasteiger partial charge on any atom is 0.276 e. The lowest BCUT2D eigenvalue weighted by Gasteiger charge is -2.37. The number of hydrogen-bond donors (Lipinski definition) is 2. The smallest absolute Gasteiger partial charge is 0.276 e. The Hall–Kier alpha value is -2.30. The SMILES string of the molecule is CC(C)C1CN(C(=O)c2ccn[nH]2)c2ccccc2N1. The number of carbonyl (C=O) groups is 1. The first-order valence-electron chi connectivity index (χ1n) is 6.83. The van der Waals surface area contributed by atoms with Gasteiger partial charge < -0.3 is 10.2 Å². The highest BCUT2D eigenvalue weighted by atomic mass is 16.2. The maximum absolute atomic E-state index is 12.6. The molecule has 104 valence electrons. The number of nitrogens with zero attached hydrogens (tertiary/aromatic N) is 2. The number of nitrogens with one attached hydrogen (secondary N) is 2. The van der Waals surface area contributed by atoms with Crippen molar-refractivity contribution in [1.29, 1.82) is 0 Å². The Labute approximate surface area is 118 Å². The van der Waals surface area contributed by atoms with Gasteiger partial charge in [-0.1, -0.05) is 26.0 Å². The maximum atomic E-state index is 12.6. The molecule has 0 saturated heterocycles. The van der Waals surface area contributed by atoms with E-state index in [-0.39, 0.29) is 11.9 Å². The number of anilines is 2. The molecule has 2 aromatic rings. The van der Waals surface area contributed by atoms with Crippen LogP contribution in [0.1, 0.15) is 24.3 Å². The minimum atomic E-state index is -0.0397. The van der Waals surface area contributed by atoms with Crippen molar-refractivity contribution in [3.63, 3.8) is 0 Å². The molecule has 3 rings (SSSR count). The molecular formula is C15H18N4O. The van der Waals surface area contributed by atoms with Crippen LogP contribution in [0.5, 0.6) is 0 Å². The van der Waals surface area contributed by atoms with Crippen molar-refractivity contribution in [3.8, 4) is 0 Å². The minimum Gasteiger partial charge on any atom is -0.379 e. The third kappa shape index (κ3) is 2.15. The fraction of sp³-hybridized carbons (Fsp3) is 0.333. The first-order valence-corrected chi connectivity index (χ1v) is 6.83. The Kier molecular flexibility index (Phi) is 3.18. The third-order valence-corrected chi connectivity index (χ3v) is 3.70. The van der Waals surface area contributed by atoms with Crippen molar-refractivity contribution in [3.05, 3.63) is 42.2 Å². The lowest BCUT2D eigenvalue weighted by atomic mass is 9.99. The highest BCUT2D eigenvalue weighted by Crippen LogP contribution is 2.32. The van der Waals surface area contributed by atoms with Crippen LogP contribution in [0.4, 0.5) is 11.4 Å². The number of aromatic nitrogens is 2. The Morgan fingerprint density at radius 3 is 2.85 bits per heavy atom. The van der Waals surface area contributed by atoms with Gasteiger partial charge in [0.05, 0.1) is 11.4 Å². The summed E-state index contributed by atoms with van der Waals surface area (Å²) in [4.78, 5) is 14.4. The van der Waals surface area contributed by atoms with Crippen LogP contribution in [-0.2, 0) is 0 Å². The van der Waals surface area contributed by atoms with Gasteiger partial charge in [0.15, 0.2) is 0 Å². The predicted molar refractivity (Wildman–Crippen MR) is 79.0 cm³/mol. The second-order valence-corrected chi connectivity index (χ2v) is 5.40. The molecule has 5 heteroatoms. The third-order valence-electron chi connectivity index (χ3n) is 3.70. The summed E-state index contributed by atoms with van der Waals surface area (Å²) in [6.07, 6.45) is 1.60. The van der Waals surface area contributed by atoms with Gasteiger partial charge in [-0.2, -0.15) is 5.10 Å². The molecule has 1 amide bonds.